The summed E-state index contributed by atoms with van der Waals surface area (Å²) in [5, 5.41) is 12.2. The zero-order valence-electron chi connectivity index (χ0n) is 19.5. The first-order chi connectivity index (χ1) is 16.5. The number of nitrogens with zero attached hydrogens (tertiary/aromatic N) is 3. The molecule has 0 saturated carbocycles. The normalized spacial score (nSPS) is 21.8. The molecule has 7 heteroatoms. The molecule has 0 amide bonds. The van der Waals surface area contributed by atoms with Crippen LogP contribution in [-0.2, 0) is 34.7 Å². The monoisotopic (exact) mass is 459 g/mol. The standard InChI is InChI=1S/C27H29N3O4/c1-2-27(33)21-14-23-24-19(15-30(23)25(31)20(21)16-34-26(27)32)17(10-13-29-11-6-3-7-12-29)18-8-4-5-9-22(18)28-24/h4-5,8-9,14,33H,2-3,6-7,10-13,15-16H2,1H3. The molecule has 7 nitrogen and oxygen atoms in total. The number of ether oxygens (including phenoxy) is 1. The number of pyridine rings is 2. The largest absolute Gasteiger partial charge is 0.458 e. The number of benzene rings is 1. The lowest BCUT2D eigenvalue weighted by Crippen LogP contribution is -2.44. The highest BCUT2D eigenvalue weighted by Gasteiger charge is 2.45. The molecular weight excluding hydrogens is 430 g/mol. The highest BCUT2D eigenvalue weighted by Crippen LogP contribution is 2.40. The van der Waals surface area contributed by atoms with Crippen LogP contribution in [0, 0.1) is 0 Å². The number of aromatic nitrogens is 2. The van der Waals surface area contributed by atoms with Crippen LogP contribution in [0.5, 0.6) is 0 Å². The number of esters is 1. The molecule has 2 aromatic heterocycles. The van der Waals surface area contributed by atoms with Crippen molar-refractivity contribution in [1.82, 2.24) is 14.5 Å². The summed E-state index contributed by atoms with van der Waals surface area (Å²) in [7, 11) is 0. The molecule has 1 aromatic carbocycles. The number of carbonyl (C=O) groups is 1. The van der Waals surface area contributed by atoms with Crippen molar-refractivity contribution in [2.75, 3.05) is 19.6 Å². The van der Waals surface area contributed by atoms with E-state index in [0.717, 1.165) is 48.2 Å². The van der Waals surface area contributed by atoms with Crippen LogP contribution in [0.15, 0.2) is 35.1 Å². The number of piperidine rings is 1. The Bertz CT molecular complexity index is 1370. The van der Waals surface area contributed by atoms with Crippen molar-refractivity contribution in [3.63, 3.8) is 0 Å². The van der Waals surface area contributed by atoms with E-state index in [1.54, 1.807) is 17.6 Å². The van der Waals surface area contributed by atoms with Crippen molar-refractivity contribution in [2.45, 2.75) is 57.8 Å². The maximum Gasteiger partial charge on any atom is 0.343 e. The van der Waals surface area contributed by atoms with Crippen LogP contribution in [-0.4, -0.2) is 45.2 Å². The molecule has 1 unspecified atom stereocenters. The van der Waals surface area contributed by atoms with E-state index in [0.29, 0.717) is 23.4 Å². The fourth-order valence-electron chi connectivity index (χ4n) is 5.85. The van der Waals surface area contributed by atoms with Crippen molar-refractivity contribution in [3.8, 4) is 11.4 Å². The molecule has 34 heavy (non-hydrogen) atoms. The topological polar surface area (TPSA) is 84.7 Å². The first kappa shape index (κ1) is 21.5. The fourth-order valence-corrected chi connectivity index (χ4v) is 5.85. The number of carbonyl (C=O) groups excluding carboxylic acids is 1. The lowest BCUT2D eigenvalue weighted by molar-refractivity contribution is -0.172. The van der Waals surface area contributed by atoms with E-state index in [1.807, 2.05) is 18.2 Å². The summed E-state index contributed by atoms with van der Waals surface area (Å²) in [4.78, 5) is 33.4. The second-order valence-corrected chi connectivity index (χ2v) is 9.69. The van der Waals surface area contributed by atoms with Crippen LogP contribution in [0.1, 0.15) is 54.9 Å². The number of rotatable bonds is 4. The van der Waals surface area contributed by atoms with Gasteiger partial charge in [-0.2, -0.15) is 0 Å². The van der Waals surface area contributed by atoms with Crippen LogP contribution in [0.2, 0.25) is 0 Å². The fraction of sp³-hybridized carbons (Fsp3) is 0.444. The van der Waals surface area contributed by atoms with Gasteiger partial charge in [0, 0.05) is 23.1 Å². The van der Waals surface area contributed by atoms with Gasteiger partial charge in [-0.05, 0) is 56.5 Å². The Balaban J connectivity index is 1.51. The van der Waals surface area contributed by atoms with Gasteiger partial charge in [0.05, 0.1) is 29.0 Å². The third-order valence-corrected chi connectivity index (χ3v) is 7.84. The second kappa shape index (κ2) is 8.03. The predicted octanol–water partition coefficient (Wildman–Crippen LogP) is 3.11. The summed E-state index contributed by atoms with van der Waals surface area (Å²) in [6, 6.07) is 9.95. The van der Waals surface area contributed by atoms with Gasteiger partial charge in [0.15, 0.2) is 5.60 Å². The summed E-state index contributed by atoms with van der Waals surface area (Å²) in [5.41, 5.74) is 3.37. The van der Waals surface area contributed by atoms with Gasteiger partial charge in [0.2, 0.25) is 0 Å². The van der Waals surface area contributed by atoms with Crippen molar-refractivity contribution >= 4 is 16.9 Å². The minimum Gasteiger partial charge on any atom is -0.458 e. The quantitative estimate of drug-likeness (QED) is 0.472. The average Bonchev–Trinajstić information content (AvgIpc) is 3.24. The van der Waals surface area contributed by atoms with Crippen LogP contribution in [0.4, 0.5) is 0 Å². The maximum absolute atomic E-state index is 13.5. The van der Waals surface area contributed by atoms with Gasteiger partial charge < -0.3 is 19.3 Å². The van der Waals surface area contributed by atoms with E-state index in [1.165, 1.54) is 24.8 Å². The minimum absolute atomic E-state index is 0.108. The van der Waals surface area contributed by atoms with Crippen molar-refractivity contribution in [2.24, 2.45) is 0 Å². The first-order valence-electron chi connectivity index (χ1n) is 12.3. The zero-order chi connectivity index (χ0) is 23.4. The Morgan fingerprint density at radius 1 is 1.12 bits per heavy atom. The molecule has 1 atom stereocenters. The highest BCUT2D eigenvalue weighted by molar-refractivity contribution is 5.89. The Labute approximate surface area is 198 Å². The first-order valence-corrected chi connectivity index (χ1v) is 12.3. The van der Waals surface area contributed by atoms with E-state index < -0.39 is 11.6 Å². The molecule has 5 heterocycles. The van der Waals surface area contributed by atoms with Crippen molar-refractivity contribution in [1.29, 1.82) is 0 Å². The molecule has 0 radical (unpaired) electrons. The molecule has 1 N–H and O–H groups in total. The molecule has 3 aliphatic rings. The third kappa shape index (κ3) is 3.14. The van der Waals surface area contributed by atoms with Gasteiger partial charge in [-0.25, -0.2) is 9.78 Å². The van der Waals surface area contributed by atoms with E-state index in [9.17, 15) is 14.7 Å². The minimum atomic E-state index is -1.81. The molecule has 1 saturated heterocycles. The average molecular weight is 460 g/mol. The smallest absolute Gasteiger partial charge is 0.343 e. The Morgan fingerprint density at radius 3 is 2.71 bits per heavy atom. The van der Waals surface area contributed by atoms with Crippen molar-refractivity contribution < 1.29 is 14.6 Å². The lowest BCUT2D eigenvalue weighted by Gasteiger charge is -2.31. The summed E-state index contributed by atoms with van der Waals surface area (Å²) >= 11 is 0. The van der Waals surface area contributed by atoms with E-state index in [2.05, 4.69) is 11.0 Å². The summed E-state index contributed by atoms with van der Waals surface area (Å²) in [5.74, 6) is -0.696. The third-order valence-electron chi connectivity index (χ3n) is 7.84. The summed E-state index contributed by atoms with van der Waals surface area (Å²) < 4.78 is 6.93. The van der Waals surface area contributed by atoms with Gasteiger partial charge in [-0.1, -0.05) is 31.5 Å². The number of aliphatic hydroxyl groups is 1. The van der Waals surface area contributed by atoms with Gasteiger partial charge in [-0.15, -0.1) is 0 Å². The number of fused-ring (bicyclic) bond motifs is 5. The predicted molar refractivity (Wildman–Crippen MR) is 129 cm³/mol. The highest BCUT2D eigenvalue weighted by atomic mass is 16.6. The van der Waals surface area contributed by atoms with Gasteiger partial charge >= 0.3 is 5.97 Å². The molecule has 3 aromatic rings. The van der Waals surface area contributed by atoms with Gasteiger partial charge in [-0.3, -0.25) is 4.79 Å². The zero-order valence-corrected chi connectivity index (χ0v) is 19.5. The Hall–Kier alpha value is -3.03. The van der Waals surface area contributed by atoms with Gasteiger partial charge in [0.25, 0.3) is 5.56 Å². The maximum atomic E-state index is 13.5. The van der Waals surface area contributed by atoms with E-state index >= 15 is 0 Å². The van der Waals surface area contributed by atoms with E-state index in [-0.39, 0.29) is 18.6 Å². The van der Waals surface area contributed by atoms with Gasteiger partial charge in [0.1, 0.15) is 6.61 Å². The number of para-hydroxylation sites is 1. The molecule has 6 rings (SSSR count). The van der Waals surface area contributed by atoms with Crippen LogP contribution in [0.25, 0.3) is 22.3 Å². The molecule has 176 valence electrons. The van der Waals surface area contributed by atoms with E-state index in [4.69, 9.17) is 9.72 Å². The summed E-state index contributed by atoms with van der Waals surface area (Å²) in [6.45, 7) is 5.33. The van der Waals surface area contributed by atoms with Crippen molar-refractivity contribution in [3.05, 3.63) is 62.9 Å². The second-order valence-electron chi connectivity index (χ2n) is 9.69. The lowest BCUT2D eigenvalue weighted by atomic mass is 9.86. The molecule has 0 bridgehead atoms. The molecule has 3 aliphatic heterocycles. The number of likely N-dealkylation sites (tertiary alicyclic amines) is 1. The SMILES string of the molecule is CCC1(O)C(=O)OCc2c1cc1n(c2=O)Cc2c-1nc1ccccc1c2CCN1CCCCC1. The molecule has 0 spiro atoms. The number of hydrogen-bond donors (Lipinski definition) is 1. The number of hydrogen-bond acceptors (Lipinski definition) is 6. The van der Waals surface area contributed by atoms with Crippen LogP contribution >= 0.6 is 0 Å². The number of cyclic esters (lactones) is 1. The molecular formula is C27H29N3O4. The molecule has 1 fully saturated rings. The summed E-state index contributed by atoms with van der Waals surface area (Å²) in [6.07, 6.45) is 4.85. The Kier molecular flexibility index (Phi) is 5.08. The van der Waals surface area contributed by atoms with Crippen LogP contribution < -0.4 is 5.56 Å². The Morgan fingerprint density at radius 2 is 1.91 bits per heavy atom. The molecule has 0 aliphatic carbocycles. The van der Waals surface area contributed by atoms with Crippen LogP contribution in [0.3, 0.4) is 0 Å².